The number of fused-ring (bicyclic) bond motifs is 1. The summed E-state index contributed by atoms with van der Waals surface area (Å²) in [6.45, 7) is 4.41. The van der Waals surface area contributed by atoms with Crippen LogP contribution in [-0.4, -0.2) is 27.0 Å². The van der Waals surface area contributed by atoms with Gasteiger partial charge in [0.05, 0.1) is 28.5 Å². The highest BCUT2D eigenvalue weighted by atomic mass is 16.2. The molecule has 0 radical (unpaired) electrons. The van der Waals surface area contributed by atoms with E-state index in [1.165, 1.54) is 0 Å². The Morgan fingerprint density at radius 1 is 1.27 bits per heavy atom. The smallest absolute Gasteiger partial charge is 0.248 e. The topological polar surface area (TPSA) is 98.1 Å². The van der Waals surface area contributed by atoms with Crippen LogP contribution in [0.2, 0.25) is 0 Å². The van der Waals surface area contributed by atoms with Gasteiger partial charge in [-0.2, -0.15) is 15.6 Å². The molecule has 7 nitrogen and oxygen atoms in total. The summed E-state index contributed by atoms with van der Waals surface area (Å²) in [7, 11) is 0. The zero-order valence-corrected chi connectivity index (χ0v) is 16.8. The Bertz CT molecular complexity index is 1280. The van der Waals surface area contributed by atoms with Crippen molar-refractivity contribution in [1.29, 1.82) is 10.5 Å². The summed E-state index contributed by atoms with van der Waals surface area (Å²) in [6.07, 6.45) is 7.01. The molecule has 148 valence electrons. The number of nitrogens with zero attached hydrogens (tertiary/aromatic N) is 6. The lowest BCUT2D eigenvalue weighted by molar-refractivity contribution is -0.124. The van der Waals surface area contributed by atoms with Crippen molar-refractivity contribution in [3.8, 4) is 23.4 Å². The maximum atomic E-state index is 13.4. The Hall–Kier alpha value is -3.71. The normalized spacial score (nSPS) is 23.5. The second-order valence-electron chi connectivity index (χ2n) is 8.34. The van der Waals surface area contributed by atoms with E-state index in [1.54, 1.807) is 21.8 Å². The molecule has 2 aliphatic rings. The number of carbonyl (C=O) groups is 1. The van der Waals surface area contributed by atoms with E-state index in [2.05, 4.69) is 22.2 Å². The molecule has 30 heavy (non-hydrogen) atoms. The van der Waals surface area contributed by atoms with Gasteiger partial charge in [0.1, 0.15) is 11.5 Å². The summed E-state index contributed by atoms with van der Waals surface area (Å²) < 4.78 is 1.74. The molecule has 0 spiro atoms. The van der Waals surface area contributed by atoms with Crippen molar-refractivity contribution in [3.05, 3.63) is 47.9 Å². The highest BCUT2D eigenvalue weighted by Crippen LogP contribution is 2.54. The van der Waals surface area contributed by atoms with Crippen molar-refractivity contribution in [2.45, 2.75) is 26.7 Å². The quantitative estimate of drug-likeness (QED) is 0.675. The van der Waals surface area contributed by atoms with Gasteiger partial charge in [-0.1, -0.05) is 6.92 Å². The minimum Gasteiger partial charge on any atom is -0.309 e. The van der Waals surface area contributed by atoms with E-state index in [4.69, 9.17) is 5.26 Å². The first-order valence-corrected chi connectivity index (χ1v) is 10.1. The first-order valence-electron chi connectivity index (χ1n) is 10.1. The maximum absolute atomic E-state index is 13.4. The van der Waals surface area contributed by atoms with E-state index in [-0.39, 0.29) is 17.7 Å². The second-order valence-corrected chi connectivity index (χ2v) is 8.34. The van der Waals surface area contributed by atoms with Gasteiger partial charge < -0.3 is 4.90 Å². The van der Waals surface area contributed by atoms with Crippen molar-refractivity contribution in [1.82, 2.24) is 14.6 Å². The molecule has 7 heteroatoms. The van der Waals surface area contributed by atoms with Crippen molar-refractivity contribution >= 4 is 17.1 Å². The Kier molecular flexibility index (Phi) is 3.91. The molecule has 0 N–H and O–H groups in total. The second kappa shape index (κ2) is 6.40. The van der Waals surface area contributed by atoms with Gasteiger partial charge in [0.15, 0.2) is 0 Å². The van der Waals surface area contributed by atoms with E-state index in [0.717, 1.165) is 40.9 Å². The number of rotatable bonds is 3. The number of aryl methyl sites for hydroxylation is 1. The predicted molar refractivity (Wildman–Crippen MR) is 110 cm³/mol. The molecule has 3 aromatic rings. The third kappa shape index (κ3) is 2.45. The number of hydrogen-bond acceptors (Lipinski definition) is 5. The molecule has 5 rings (SSSR count). The molecule has 0 bridgehead atoms. The van der Waals surface area contributed by atoms with E-state index in [1.807, 2.05) is 38.2 Å². The number of amides is 1. The SMILES string of the molecule is Cc1cc(-c2cc3c(N4C[C@@H](C)[C@@](C#N)(C5CC5)C4=O)ccnn3c2)ncc1C#N. The Balaban J connectivity index is 1.59. The van der Waals surface area contributed by atoms with Crippen molar-refractivity contribution in [3.63, 3.8) is 0 Å². The lowest BCUT2D eigenvalue weighted by Crippen LogP contribution is -2.37. The van der Waals surface area contributed by atoms with Crippen LogP contribution in [0.3, 0.4) is 0 Å². The van der Waals surface area contributed by atoms with Crippen LogP contribution >= 0.6 is 0 Å². The standard InChI is InChI=1S/C23H20N6O/c1-14-7-19(26-10-17(14)9-24)16-8-21-20(5-6-27-29(21)12-16)28-11-15(2)23(13-25,22(28)30)18-3-4-18/h5-8,10,12,15,18H,3-4,11H2,1-2H3/t15-,23+/m1/s1. The summed E-state index contributed by atoms with van der Waals surface area (Å²) in [5.41, 5.74) is 3.65. The highest BCUT2D eigenvalue weighted by molar-refractivity contribution is 6.05. The molecule has 2 atom stereocenters. The van der Waals surface area contributed by atoms with Gasteiger partial charge in [0.2, 0.25) is 5.91 Å². The molecule has 2 fully saturated rings. The first kappa shape index (κ1) is 18.3. The predicted octanol–water partition coefficient (Wildman–Crippen LogP) is 3.48. The summed E-state index contributed by atoms with van der Waals surface area (Å²) in [6, 6.07) is 10.2. The number of hydrogen-bond donors (Lipinski definition) is 0. The summed E-state index contributed by atoms with van der Waals surface area (Å²) in [5.74, 6) is 0.0530. The van der Waals surface area contributed by atoms with E-state index in [0.29, 0.717) is 12.1 Å². The molecular formula is C23H20N6O. The summed E-state index contributed by atoms with van der Waals surface area (Å²) >= 11 is 0. The third-order valence-corrected chi connectivity index (χ3v) is 6.54. The highest BCUT2D eigenvalue weighted by Gasteiger charge is 2.61. The van der Waals surface area contributed by atoms with Gasteiger partial charge in [0, 0.05) is 36.6 Å². The molecule has 1 aliphatic carbocycles. The number of anilines is 1. The van der Waals surface area contributed by atoms with Crippen molar-refractivity contribution < 1.29 is 4.79 Å². The van der Waals surface area contributed by atoms with Gasteiger partial charge >= 0.3 is 0 Å². The van der Waals surface area contributed by atoms with E-state index >= 15 is 0 Å². The lowest BCUT2D eigenvalue weighted by atomic mass is 9.75. The zero-order chi connectivity index (χ0) is 21.0. The molecule has 1 amide bonds. The number of aromatic nitrogens is 3. The maximum Gasteiger partial charge on any atom is 0.248 e. The van der Waals surface area contributed by atoms with E-state index in [9.17, 15) is 10.1 Å². The van der Waals surface area contributed by atoms with E-state index < -0.39 is 5.41 Å². The van der Waals surface area contributed by atoms with Crippen LogP contribution in [-0.2, 0) is 4.79 Å². The third-order valence-electron chi connectivity index (χ3n) is 6.54. The monoisotopic (exact) mass is 396 g/mol. The average Bonchev–Trinajstić information content (AvgIpc) is 3.44. The lowest BCUT2D eigenvalue weighted by Gasteiger charge is -2.23. The van der Waals surface area contributed by atoms with Crippen LogP contribution in [0.5, 0.6) is 0 Å². The molecule has 1 saturated heterocycles. The Morgan fingerprint density at radius 2 is 2.07 bits per heavy atom. The number of nitriles is 2. The van der Waals surface area contributed by atoms with Gasteiger partial charge in [0.25, 0.3) is 0 Å². The molecule has 1 aliphatic heterocycles. The Morgan fingerprint density at radius 3 is 2.73 bits per heavy atom. The molecule has 0 aromatic carbocycles. The van der Waals surface area contributed by atoms with Gasteiger partial charge in [-0.25, -0.2) is 4.52 Å². The van der Waals surface area contributed by atoms with Crippen LogP contribution in [0.1, 0.15) is 30.9 Å². The molecule has 4 heterocycles. The molecule has 3 aromatic heterocycles. The van der Waals surface area contributed by atoms with Gasteiger partial charge in [-0.05, 0) is 49.4 Å². The van der Waals surface area contributed by atoms with Crippen molar-refractivity contribution in [2.75, 3.05) is 11.4 Å². The van der Waals surface area contributed by atoms with Gasteiger partial charge in [-0.15, -0.1) is 0 Å². The van der Waals surface area contributed by atoms with Crippen LogP contribution < -0.4 is 4.90 Å². The molecule has 1 saturated carbocycles. The van der Waals surface area contributed by atoms with Gasteiger partial charge in [-0.3, -0.25) is 9.78 Å². The van der Waals surface area contributed by atoms with Crippen LogP contribution in [0, 0.1) is 46.8 Å². The summed E-state index contributed by atoms with van der Waals surface area (Å²) in [5, 5.41) is 23.5. The van der Waals surface area contributed by atoms with Crippen LogP contribution in [0.4, 0.5) is 5.69 Å². The van der Waals surface area contributed by atoms with Crippen LogP contribution in [0.25, 0.3) is 16.8 Å². The fraction of sp³-hybridized carbons (Fsp3) is 0.348. The minimum absolute atomic E-state index is 0.0204. The largest absolute Gasteiger partial charge is 0.309 e. The van der Waals surface area contributed by atoms with Crippen LogP contribution in [0.15, 0.2) is 36.8 Å². The average molecular weight is 396 g/mol. The molecular weight excluding hydrogens is 376 g/mol. The summed E-state index contributed by atoms with van der Waals surface area (Å²) in [4.78, 5) is 19.6. The minimum atomic E-state index is -0.915. The Labute approximate surface area is 174 Å². The number of carbonyl (C=O) groups excluding carboxylic acids is 1. The molecule has 0 unspecified atom stereocenters. The number of pyridine rings is 1. The first-order chi connectivity index (χ1) is 14.5. The zero-order valence-electron chi connectivity index (χ0n) is 16.8. The fourth-order valence-electron chi connectivity index (χ4n) is 4.71. The van der Waals surface area contributed by atoms with Crippen molar-refractivity contribution in [2.24, 2.45) is 17.3 Å². The fourth-order valence-corrected chi connectivity index (χ4v) is 4.71.